The summed E-state index contributed by atoms with van der Waals surface area (Å²) in [5.41, 5.74) is 0.482. The second kappa shape index (κ2) is 8.53. The Kier molecular flexibility index (Phi) is 5.91. The summed E-state index contributed by atoms with van der Waals surface area (Å²) in [6.45, 7) is 0.464. The molecule has 1 N–H and O–H groups in total. The molecule has 0 saturated heterocycles. The summed E-state index contributed by atoms with van der Waals surface area (Å²) in [6, 6.07) is 14.1. The summed E-state index contributed by atoms with van der Waals surface area (Å²) in [6.07, 6.45) is 3.11. The van der Waals surface area contributed by atoms with E-state index < -0.39 is 0 Å². The van der Waals surface area contributed by atoms with Crippen molar-refractivity contribution in [2.75, 3.05) is 6.54 Å². The topological polar surface area (TPSA) is 75.7 Å². The van der Waals surface area contributed by atoms with Crippen LogP contribution >= 0.6 is 15.9 Å². The van der Waals surface area contributed by atoms with Gasteiger partial charge in [0.05, 0.1) is 32.2 Å². The quantitative estimate of drug-likeness (QED) is 0.638. The first kappa shape index (κ1) is 18.0. The van der Waals surface area contributed by atoms with Crippen LogP contribution in [0.15, 0.2) is 74.4 Å². The van der Waals surface area contributed by atoms with Crippen molar-refractivity contribution in [3.05, 3.63) is 82.6 Å². The molecular formula is C19H17BrN2O4. The summed E-state index contributed by atoms with van der Waals surface area (Å²) < 4.78 is 11.4. The van der Waals surface area contributed by atoms with Gasteiger partial charge in [0.25, 0.3) is 5.91 Å². The molecule has 0 saturated carbocycles. The molecule has 0 aliphatic rings. The molecule has 2 amide bonds. The summed E-state index contributed by atoms with van der Waals surface area (Å²) in [7, 11) is 0. The van der Waals surface area contributed by atoms with Gasteiger partial charge in [-0.3, -0.25) is 9.59 Å². The molecule has 26 heavy (non-hydrogen) atoms. The van der Waals surface area contributed by atoms with Gasteiger partial charge in [0.1, 0.15) is 11.5 Å². The van der Waals surface area contributed by atoms with Crippen LogP contribution in [0.4, 0.5) is 0 Å². The number of furan rings is 2. The third kappa shape index (κ3) is 4.86. The van der Waals surface area contributed by atoms with Gasteiger partial charge in [-0.2, -0.15) is 0 Å². The van der Waals surface area contributed by atoms with Crippen LogP contribution < -0.4 is 5.32 Å². The van der Waals surface area contributed by atoms with Crippen LogP contribution in [0.5, 0.6) is 0 Å². The van der Waals surface area contributed by atoms with E-state index in [0.29, 0.717) is 30.2 Å². The normalized spacial score (nSPS) is 10.5. The zero-order valence-electron chi connectivity index (χ0n) is 13.9. The molecule has 7 heteroatoms. The number of hydrogen-bond acceptors (Lipinski definition) is 4. The maximum absolute atomic E-state index is 12.6. The van der Waals surface area contributed by atoms with E-state index in [4.69, 9.17) is 8.83 Å². The van der Waals surface area contributed by atoms with Crippen LogP contribution in [0, 0.1) is 0 Å². The lowest BCUT2D eigenvalue weighted by Crippen LogP contribution is -2.39. The van der Waals surface area contributed by atoms with E-state index in [1.165, 1.54) is 0 Å². The Morgan fingerprint density at radius 1 is 0.962 bits per heavy atom. The number of nitrogens with zero attached hydrogens (tertiary/aromatic N) is 1. The Bertz CT molecular complexity index is 823. The highest BCUT2D eigenvalue weighted by Gasteiger charge is 2.18. The number of hydrogen-bond donors (Lipinski definition) is 1. The van der Waals surface area contributed by atoms with E-state index in [0.717, 1.165) is 4.47 Å². The van der Waals surface area contributed by atoms with Crippen molar-refractivity contribution in [1.82, 2.24) is 10.2 Å². The summed E-state index contributed by atoms with van der Waals surface area (Å²) >= 11 is 3.32. The third-order valence-electron chi connectivity index (χ3n) is 3.69. The molecule has 0 atom stereocenters. The van der Waals surface area contributed by atoms with Crippen LogP contribution in [-0.4, -0.2) is 23.3 Å². The van der Waals surface area contributed by atoms with Crippen LogP contribution in [0.3, 0.4) is 0 Å². The molecule has 2 aromatic heterocycles. The molecule has 0 aliphatic heterocycles. The maximum Gasteiger partial charge on any atom is 0.251 e. The number of amides is 2. The van der Waals surface area contributed by atoms with Gasteiger partial charge in [0.2, 0.25) is 5.91 Å². The summed E-state index contributed by atoms with van der Waals surface area (Å²) in [4.78, 5) is 26.4. The number of nitrogens with one attached hydrogen (secondary N) is 1. The Morgan fingerprint density at radius 3 is 2.15 bits per heavy atom. The van der Waals surface area contributed by atoms with Crippen molar-refractivity contribution in [3.63, 3.8) is 0 Å². The molecule has 3 aromatic rings. The van der Waals surface area contributed by atoms with Crippen LogP contribution in [-0.2, 0) is 17.9 Å². The predicted molar refractivity (Wildman–Crippen MR) is 98.1 cm³/mol. The van der Waals surface area contributed by atoms with E-state index in [1.807, 2.05) is 6.07 Å². The van der Waals surface area contributed by atoms with E-state index in [-0.39, 0.29) is 18.4 Å². The van der Waals surface area contributed by atoms with Gasteiger partial charge in [0.15, 0.2) is 0 Å². The Hall–Kier alpha value is -2.80. The molecule has 0 bridgehead atoms. The Balaban J connectivity index is 1.63. The summed E-state index contributed by atoms with van der Waals surface area (Å²) in [5, 5.41) is 2.65. The third-order valence-corrected chi connectivity index (χ3v) is 4.19. The van der Waals surface area contributed by atoms with Gasteiger partial charge in [-0.15, -0.1) is 0 Å². The smallest absolute Gasteiger partial charge is 0.251 e. The van der Waals surface area contributed by atoms with Gasteiger partial charge in [-0.25, -0.2) is 0 Å². The first-order valence-electron chi connectivity index (χ1n) is 7.98. The molecule has 0 radical (unpaired) electrons. The minimum Gasteiger partial charge on any atom is -0.467 e. The number of benzene rings is 1. The van der Waals surface area contributed by atoms with Gasteiger partial charge in [-0.05, 0) is 42.5 Å². The molecule has 3 rings (SSSR count). The second-order valence-electron chi connectivity index (χ2n) is 5.60. The monoisotopic (exact) mass is 416 g/mol. The van der Waals surface area contributed by atoms with Crippen molar-refractivity contribution in [1.29, 1.82) is 0 Å². The number of carbonyl (C=O) groups excluding carboxylic acids is 2. The van der Waals surface area contributed by atoms with E-state index in [9.17, 15) is 9.59 Å². The molecule has 134 valence electrons. The lowest BCUT2D eigenvalue weighted by Gasteiger charge is -2.21. The Labute approximate surface area is 158 Å². The molecule has 0 aliphatic carbocycles. The van der Waals surface area contributed by atoms with Crippen LogP contribution in [0.1, 0.15) is 21.9 Å². The number of rotatable bonds is 7. The minimum atomic E-state index is -0.310. The fourth-order valence-corrected chi connectivity index (χ4v) is 2.81. The fourth-order valence-electron chi connectivity index (χ4n) is 2.41. The SMILES string of the molecule is O=C(NCC(=O)N(Cc1ccco1)Cc1ccco1)c1cccc(Br)c1. The highest BCUT2D eigenvalue weighted by atomic mass is 79.9. The molecule has 6 nitrogen and oxygen atoms in total. The largest absolute Gasteiger partial charge is 0.467 e. The average Bonchev–Trinajstić information content (AvgIpc) is 3.33. The van der Waals surface area contributed by atoms with Crippen LogP contribution in [0.2, 0.25) is 0 Å². The highest BCUT2D eigenvalue weighted by Crippen LogP contribution is 2.13. The van der Waals surface area contributed by atoms with E-state index in [1.54, 1.807) is 59.9 Å². The van der Waals surface area contributed by atoms with Crippen molar-refractivity contribution in [2.45, 2.75) is 13.1 Å². The zero-order chi connectivity index (χ0) is 18.4. The number of halogens is 1. The predicted octanol–water partition coefficient (Wildman–Crippen LogP) is 3.59. The fraction of sp³-hybridized carbons (Fsp3) is 0.158. The van der Waals surface area contributed by atoms with Gasteiger partial charge >= 0.3 is 0 Å². The standard InChI is InChI=1S/C19H17BrN2O4/c20-15-5-1-4-14(10-15)19(24)21-11-18(23)22(12-16-6-2-8-25-16)13-17-7-3-9-26-17/h1-10H,11-13H2,(H,21,24). The first-order valence-corrected chi connectivity index (χ1v) is 8.77. The van der Waals surface area contributed by atoms with Gasteiger partial charge in [-0.1, -0.05) is 22.0 Å². The first-order chi connectivity index (χ1) is 12.6. The van der Waals surface area contributed by atoms with E-state index in [2.05, 4.69) is 21.2 Å². The van der Waals surface area contributed by atoms with Crippen molar-refractivity contribution < 1.29 is 18.4 Å². The lowest BCUT2D eigenvalue weighted by molar-refractivity contribution is -0.131. The van der Waals surface area contributed by atoms with Crippen molar-refractivity contribution >= 4 is 27.7 Å². The highest BCUT2D eigenvalue weighted by molar-refractivity contribution is 9.10. The zero-order valence-corrected chi connectivity index (χ0v) is 15.4. The number of carbonyl (C=O) groups is 2. The molecule has 0 spiro atoms. The van der Waals surface area contributed by atoms with Gasteiger partial charge < -0.3 is 19.1 Å². The maximum atomic E-state index is 12.6. The second-order valence-corrected chi connectivity index (χ2v) is 6.52. The molecule has 2 heterocycles. The molecule has 1 aromatic carbocycles. The molecular weight excluding hydrogens is 400 g/mol. The minimum absolute atomic E-state index is 0.118. The van der Waals surface area contributed by atoms with Crippen molar-refractivity contribution in [3.8, 4) is 0 Å². The molecule has 0 unspecified atom stereocenters. The van der Waals surface area contributed by atoms with E-state index >= 15 is 0 Å². The average molecular weight is 417 g/mol. The van der Waals surface area contributed by atoms with Gasteiger partial charge in [0, 0.05) is 10.0 Å². The lowest BCUT2D eigenvalue weighted by atomic mass is 10.2. The summed E-state index contributed by atoms with van der Waals surface area (Å²) in [5.74, 6) is 0.767. The molecule has 0 fully saturated rings. The van der Waals surface area contributed by atoms with Crippen molar-refractivity contribution in [2.24, 2.45) is 0 Å². The Morgan fingerprint density at radius 2 is 1.62 bits per heavy atom. The van der Waals surface area contributed by atoms with Crippen LogP contribution in [0.25, 0.3) is 0 Å².